The van der Waals surface area contributed by atoms with E-state index in [2.05, 4.69) is 26.0 Å². The highest BCUT2D eigenvalue weighted by Crippen LogP contribution is 2.37. The standard InChI is InChI=1S/C13H21BrF3NO2/c14-8-12(5-2-1-3-6-12)9-18-11(19)4-7-20-10-13(15,16)17/h1-10H2,(H,18,19). The lowest BCUT2D eigenvalue weighted by Gasteiger charge is -2.35. The average molecular weight is 360 g/mol. The van der Waals surface area contributed by atoms with Gasteiger partial charge in [-0.05, 0) is 18.3 Å². The Morgan fingerprint density at radius 1 is 1.25 bits per heavy atom. The van der Waals surface area contributed by atoms with E-state index in [0.29, 0.717) is 6.54 Å². The summed E-state index contributed by atoms with van der Waals surface area (Å²) in [7, 11) is 0. The quantitative estimate of drug-likeness (QED) is 0.558. The van der Waals surface area contributed by atoms with Crippen LogP contribution in [0.1, 0.15) is 38.5 Å². The molecule has 1 rings (SSSR count). The highest BCUT2D eigenvalue weighted by Gasteiger charge is 2.31. The van der Waals surface area contributed by atoms with Crippen molar-refractivity contribution in [2.45, 2.75) is 44.7 Å². The zero-order valence-electron chi connectivity index (χ0n) is 11.4. The molecule has 1 fully saturated rings. The molecule has 0 aromatic rings. The normalized spacial score (nSPS) is 18.8. The summed E-state index contributed by atoms with van der Waals surface area (Å²) >= 11 is 3.50. The summed E-state index contributed by atoms with van der Waals surface area (Å²) in [5.74, 6) is -0.252. The van der Waals surface area contributed by atoms with Crippen molar-refractivity contribution in [3.05, 3.63) is 0 Å². The molecule has 0 spiro atoms. The van der Waals surface area contributed by atoms with Crippen molar-refractivity contribution in [1.82, 2.24) is 5.32 Å². The van der Waals surface area contributed by atoms with E-state index in [1.165, 1.54) is 6.42 Å². The van der Waals surface area contributed by atoms with Gasteiger partial charge in [-0.3, -0.25) is 4.79 Å². The number of halogens is 4. The summed E-state index contributed by atoms with van der Waals surface area (Å²) in [6, 6.07) is 0. The van der Waals surface area contributed by atoms with Gasteiger partial charge in [0.1, 0.15) is 6.61 Å². The van der Waals surface area contributed by atoms with Gasteiger partial charge in [-0.25, -0.2) is 0 Å². The molecule has 20 heavy (non-hydrogen) atoms. The molecule has 3 nitrogen and oxygen atoms in total. The third kappa shape index (κ3) is 6.92. The van der Waals surface area contributed by atoms with Crippen molar-refractivity contribution in [3.63, 3.8) is 0 Å². The van der Waals surface area contributed by atoms with Gasteiger partial charge in [-0.15, -0.1) is 0 Å². The SMILES string of the molecule is O=C(CCOCC(F)(F)F)NCC1(CBr)CCCCC1. The van der Waals surface area contributed by atoms with Crippen molar-refractivity contribution in [3.8, 4) is 0 Å². The first-order valence-electron chi connectivity index (χ1n) is 6.84. The van der Waals surface area contributed by atoms with Crippen LogP contribution in [0.25, 0.3) is 0 Å². The van der Waals surface area contributed by atoms with Crippen LogP contribution in [0, 0.1) is 5.41 Å². The van der Waals surface area contributed by atoms with Gasteiger partial charge in [0.25, 0.3) is 0 Å². The molecule has 1 amide bonds. The number of hydrogen-bond acceptors (Lipinski definition) is 2. The van der Waals surface area contributed by atoms with Crippen molar-refractivity contribution in [2.24, 2.45) is 5.41 Å². The third-order valence-electron chi connectivity index (χ3n) is 3.60. The Morgan fingerprint density at radius 3 is 2.45 bits per heavy atom. The highest BCUT2D eigenvalue weighted by atomic mass is 79.9. The molecule has 1 aliphatic carbocycles. The molecule has 0 atom stereocenters. The summed E-state index contributed by atoms with van der Waals surface area (Å²) in [5.41, 5.74) is 0.0980. The van der Waals surface area contributed by atoms with E-state index in [0.717, 1.165) is 31.0 Å². The predicted molar refractivity (Wildman–Crippen MR) is 73.8 cm³/mol. The van der Waals surface area contributed by atoms with Crippen LogP contribution >= 0.6 is 15.9 Å². The Balaban J connectivity index is 2.18. The molecule has 0 heterocycles. The van der Waals surface area contributed by atoms with Gasteiger partial charge in [-0.2, -0.15) is 13.2 Å². The minimum absolute atomic E-state index is 0.0333. The van der Waals surface area contributed by atoms with Crippen molar-refractivity contribution in [1.29, 1.82) is 0 Å². The lowest BCUT2D eigenvalue weighted by atomic mass is 9.75. The number of carbonyl (C=O) groups is 1. The van der Waals surface area contributed by atoms with Gasteiger partial charge < -0.3 is 10.1 Å². The predicted octanol–water partition coefficient (Wildman–Crippen LogP) is 3.42. The molecular formula is C13H21BrF3NO2. The van der Waals surface area contributed by atoms with E-state index in [4.69, 9.17) is 0 Å². The first-order chi connectivity index (χ1) is 9.37. The van der Waals surface area contributed by atoms with Crippen LogP contribution < -0.4 is 5.32 Å². The first kappa shape index (κ1) is 17.8. The topological polar surface area (TPSA) is 38.3 Å². The summed E-state index contributed by atoms with van der Waals surface area (Å²) in [5, 5.41) is 3.65. The molecule has 0 unspecified atom stereocenters. The fourth-order valence-electron chi connectivity index (χ4n) is 2.39. The Morgan fingerprint density at radius 2 is 1.90 bits per heavy atom. The molecule has 1 N–H and O–H groups in total. The van der Waals surface area contributed by atoms with E-state index in [-0.39, 0.29) is 24.3 Å². The molecule has 1 saturated carbocycles. The van der Waals surface area contributed by atoms with Crippen LogP contribution in [-0.2, 0) is 9.53 Å². The van der Waals surface area contributed by atoms with E-state index >= 15 is 0 Å². The molecule has 0 bridgehead atoms. The number of carbonyl (C=O) groups excluding carboxylic acids is 1. The summed E-state index contributed by atoms with van der Waals surface area (Å²) in [6.45, 7) is -0.922. The van der Waals surface area contributed by atoms with Gasteiger partial charge in [0, 0.05) is 18.3 Å². The third-order valence-corrected chi connectivity index (χ3v) is 4.79. The first-order valence-corrected chi connectivity index (χ1v) is 7.96. The summed E-state index contributed by atoms with van der Waals surface area (Å²) in [4.78, 5) is 11.6. The van der Waals surface area contributed by atoms with Crippen molar-refractivity contribution < 1.29 is 22.7 Å². The number of amides is 1. The van der Waals surface area contributed by atoms with E-state index in [9.17, 15) is 18.0 Å². The molecule has 0 aromatic carbocycles. The minimum Gasteiger partial charge on any atom is -0.372 e. The second kappa shape index (κ2) is 8.22. The number of ether oxygens (including phenoxy) is 1. The Hall–Kier alpha value is -0.300. The summed E-state index contributed by atoms with van der Waals surface area (Å²) < 4.78 is 39.9. The van der Waals surface area contributed by atoms with Gasteiger partial charge in [-0.1, -0.05) is 35.2 Å². The number of hydrogen-bond donors (Lipinski definition) is 1. The Kier molecular flexibility index (Phi) is 7.29. The molecule has 0 radical (unpaired) electrons. The molecule has 0 aromatic heterocycles. The fraction of sp³-hybridized carbons (Fsp3) is 0.923. The van der Waals surface area contributed by atoms with Gasteiger partial charge >= 0.3 is 6.18 Å². The molecule has 118 valence electrons. The lowest BCUT2D eigenvalue weighted by molar-refractivity contribution is -0.174. The van der Waals surface area contributed by atoms with E-state index in [1.807, 2.05) is 0 Å². The average Bonchev–Trinajstić information content (AvgIpc) is 2.41. The number of rotatable bonds is 7. The molecule has 0 aliphatic heterocycles. The Bertz CT molecular complexity index is 304. The summed E-state index contributed by atoms with van der Waals surface area (Å²) in [6.07, 6.45) is 1.33. The van der Waals surface area contributed by atoms with Crippen LogP contribution in [0.2, 0.25) is 0 Å². The lowest BCUT2D eigenvalue weighted by Crippen LogP contribution is -2.40. The molecule has 0 saturated heterocycles. The van der Waals surface area contributed by atoms with Crippen LogP contribution in [-0.4, -0.2) is 37.2 Å². The van der Waals surface area contributed by atoms with Crippen molar-refractivity contribution in [2.75, 3.05) is 25.1 Å². The van der Waals surface area contributed by atoms with Gasteiger partial charge in [0.05, 0.1) is 6.61 Å². The smallest absolute Gasteiger partial charge is 0.372 e. The zero-order valence-corrected chi connectivity index (χ0v) is 13.0. The highest BCUT2D eigenvalue weighted by molar-refractivity contribution is 9.09. The van der Waals surface area contributed by atoms with Crippen LogP contribution in [0.5, 0.6) is 0 Å². The van der Waals surface area contributed by atoms with Crippen LogP contribution in [0.4, 0.5) is 13.2 Å². The van der Waals surface area contributed by atoms with Crippen LogP contribution in [0.3, 0.4) is 0 Å². The van der Waals surface area contributed by atoms with E-state index in [1.54, 1.807) is 0 Å². The van der Waals surface area contributed by atoms with Crippen molar-refractivity contribution >= 4 is 21.8 Å². The zero-order chi connectivity index (χ0) is 15.1. The number of nitrogens with one attached hydrogen (secondary N) is 1. The second-order valence-corrected chi connectivity index (χ2v) is 5.95. The Labute approximate surface area is 125 Å². The van der Waals surface area contributed by atoms with Crippen LogP contribution in [0.15, 0.2) is 0 Å². The minimum atomic E-state index is -4.33. The monoisotopic (exact) mass is 359 g/mol. The maximum absolute atomic E-state index is 11.8. The molecular weight excluding hydrogens is 339 g/mol. The van der Waals surface area contributed by atoms with Gasteiger partial charge in [0.15, 0.2) is 0 Å². The number of alkyl halides is 4. The molecule has 7 heteroatoms. The van der Waals surface area contributed by atoms with E-state index < -0.39 is 12.8 Å². The largest absolute Gasteiger partial charge is 0.411 e. The molecule has 1 aliphatic rings. The fourth-order valence-corrected chi connectivity index (χ4v) is 3.15. The maximum atomic E-state index is 11.8. The maximum Gasteiger partial charge on any atom is 0.411 e. The second-order valence-electron chi connectivity index (χ2n) is 5.39. The van der Waals surface area contributed by atoms with Gasteiger partial charge in [0.2, 0.25) is 5.91 Å².